The summed E-state index contributed by atoms with van der Waals surface area (Å²) in [5, 5.41) is 10.6. The molecule has 0 bridgehead atoms. The number of rotatable bonds is 4. The van der Waals surface area contributed by atoms with E-state index < -0.39 is 0 Å². The molecule has 0 fully saturated rings. The molecule has 15 heavy (non-hydrogen) atoms. The van der Waals surface area contributed by atoms with Crippen molar-refractivity contribution in [1.82, 2.24) is 4.98 Å². The molecule has 0 radical (unpaired) electrons. The topological polar surface area (TPSA) is 37.0 Å². The zero-order valence-corrected chi connectivity index (χ0v) is 9.34. The van der Waals surface area contributed by atoms with Crippen molar-refractivity contribution in [3.05, 3.63) is 40.8 Å². The first-order valence-corrected chi connectivity index (χ1v) is 5.70. The summed E-state index contributed by atoms with van der Waals surface area (Å²) in [6.07, 6.45) is 3.63. The Hall–Kier alpha value is -1.55. The third-order valence-electron chi connectivity index (χ3n) is 2.10. The second-order valence-electron chi connectivity index (χ2n) is 3.20. The van der Waals surface area contributed by atoms with E-state index in [2.05, 4.69) is 32.4 Å². The molecule has 0 amide bonds. The van der Waals surface area contributed by atoms with E-state index in [9.17, 15) is 0 Å². The maximum absolute atomic E-state index is 4.13. The van der Waals surface area contributed by atoms with E-state index in [0.29, 0.717) is 0 Å². The number of hydrogen-bond acceptors (Lipinski definition) is 4. The Kier molecular flexibility index (Phi) is 3.19. The van der Waals surface area contributed by atoms with Crippen LogP contribution in [0.3, 0.4) is 0 Å². The van der Waals surface area contributed by atoms with Gasteiger partial charge in [-0.05, 0) is 28.5 Å². The molecule has 0 aliphatic rings. The first kappa shape index (κ1) is 9.98. The number of hydrogen-bond donors (Lipinski definition) is 2. The predicted octanol–water partition coefficient (Wildman–Crippen LogP) is 2.80. The number of thiophene rings is 1. The Labute approximate surface area is 93.2 Å². The molecule has 2 heterocycles. The van der Waals surface area contributed by atoms with Crippen LogP contribution in [0.2, 0.25) is 0 Å². The summed E-state index contributed by atoms with van der Waals surface area (Å²) in [4.78, 5) is 4.13. The van der Waals surface area contributed by atoms with Crippen molar-refractivity contribution in [2.45, 2.75) is 6.54 Å². The quantitative estimate of drug-likeness (QED) is 0.830. The van der Waals surface area contributed by atoms with Crippen LogP contribution >= 0.6 is 11.3 Å². The fourth-order valence-corrected chi connectivity index (χ4v) is 1.94. The Bertz CT molecular complexity index is 412. The molecule has 0 aromatic carbocycles. The summed E-state index contributed by atoms with van der Waals surface area (Å²) < 4.78 is 0. The Balaban J connectivity index is 1.98. The molecule has 0 spiro atoms. The minimum absolute atomic E-state index is 0.846. The Morgan fingerprint density at radius 3 is 2.93 bits per heavy atom. The van der Waals surface area contributed by atoms with Crippen molar-refractivity contribution in [2.24, 2.45) is 0 Å². The highest BCUT2D eigenvalue weighted by molar-refractivity contribution is 7.07. The molecule has 0 atom stereocenters. The average Bonchev–Trinajstić information content (AvgIpc) is 2.79. The first-order valence-electron chi connectivity index (χ1n) is 4.76. The van der Waals surface area contributed by atoms with Gasteiger partial charge in [0.1, 0.15) is 0 Å². The number of nitrogens with one attached hydrogen (secondary N) is 2. The highest BCUT2D eigenvalue weighted by atomic mass is 32.1. The second-order valence-corrected chi connectivity index (χ2v) is 3.98. The fourth-order valence-electron chi connectivity index (χ4n) is 1.27. The summed E-state index contributed by atoms with van der Waals surface area (Å²) in [5.74, 6) is 0. The molecule has 2 aromatic rings. The Morgan fingerprint density at radius 1 is 1.33 bits per heavy atom. The van der Waals surface area contributed by atoms with Gasteiger partial charge in [0.15, 0.2) is 0 Å². The summed E-state index contributed by atoms with van der Waals surface area (Å²) >= 11 is 1.71. The molecule has 3 nitrogen and oxygen atoms in total. The van der Waals surface area contributed by atoms with Crippen molar-refractivity contribution in [1.29, 1.82) is 0 Å². The molecule has 0 saturated carbocycles. The summed E-state index contributed by atoms with van der Waals surface area (Å²) in [5.41, 5.74) is 3.35. The molecule has 78 valence electrons. The van der Waals surface area contributed by atoms with Gasteiger partial charge in [0.25, 0.3) is 0 Å². The van der Waals surface area contributed by atoms with Gasteiger partial charge in [0, 0.05) is 13.6 Å². The van der Waals surface area contributed by atoms with Crippen LogP contribution in [-0.2, 0) is 6.54 Å². The zero-order chi connectivity index (χ0) is 10.5. The molecule has 0 aliphatic carbocycles. The van der Waals surface area contributed by atoms with E-state index in [-0.39, 0.29) is 0 Å². The van der Waals surface area contributed by atoms with Gasteiger partial charge in [-0.15, -0.1) is 0 Å². The van der Waals surface area contributed by atoms with E-state index in [1.807, 2.05) is 19.3 Å². The molecular formula is C11H13N3S. The van der Waals surface area contributed by atoms with Crippen LogP contribution in [0.1, 0.15) is 5.56 Å². The van der Waals surface area contributed by atoms with Crippen molar-refractivity contribution in [3.8, 4) is 0 Å². The van der Waals surface area contributed by atoms with Crippen LogP contribution in [0.5, 0.6) is 0 Å². The zero-order valence-electron chi connectivity index (χ0n) is 8.53. The van der Waals surface area contributed by atoms with Gasteiger partial charge in [-0.2, -0.15) is 11.3 Å². The maximum atomic E-state index is 4.13. The van der Waals surface area contributed by atoms with Crippen molar-refractivity contribution in [2.75, 3.05) is 17.7 Å². The molecule has 4 heteroatoms. The average molecular weight is 219 g/mol. The minimum atomic E-state index is 0.846. The molecule has 2 rings (SSSR count). The standard InChI is InChI=1S/C11H13N3S/c1-12-10-4-11(7-13-6-10)14-5-9-2-3-15-8-9/h2-4,6-8,12,14H,5H2,1H3. The van der Waals surface area contributed by atoms with E-state index >= 15 is 0 Å². The van der Waals surface area contributed by atoms with Gasteiger partial charge in [0.2, 0.25) is 0 Å². The van der Waals surface area contributed by atoms with Gasteiger partial charge in [0.05, 0.1) is 23.8 Å². The lowest BCUT2D eigenvalue weighted by Gasteiger charge is -2.06. The van der Waals surface area contributed by atoms with Crippen LogP contribution in [0.25, 0.3) is 0 Å². The minimum Gasteiger partial charge on any atom is -0.387 e. The maximum Gasteiger partial charge on any atom is 0.0550 e. The lowest BCUT2D eigenvalue weighted by atomic mass is 10.3. The largest absolute Gasteiger partial charge is 0.387 e. The van der Waals surface area contributed by atoms with Gasteiger partial charge < -0.3 is 10.6 Å². The number of pyridine rings is 1. The van der Waals surface area contributed by atoms with Gasteiger partial charge in [-0.25, -0.2) is 0 Å². The monoisotopic (exact) mass is 219 g/mol. The number of anilines is 2. The SMILES string of the molecule is CNc1cncc(NCc2ccsc2)c1. The van der Waals surface area contributed by atoms with Crippen LogP contribution in [0.4, 0.5) is 11.4 Å². The highest BCUT2D eigenvalue weighted by Gasteiger charge is 1.96. The lowest BCUT2D eigenvalue weighted by molar-refractivity contribution is 1.15. The normalized spacial score (nSPS) is 9.93. The van der Waals surface area contributed by atoms with Crippen molar-refractivity contribution in [3.63, 3.8) is 0 Å². The molecule has 2 N–H and O–H groups in total. The molecule has 2 aromatic heterocycles. The van der Waals surface area contributed by atoms with E-state index in [1.165, 1.54) is 5.56 Å². The van der Waals surface area contributed by atoms with Crippen molar-refractivity contribution >= 4 is 22.7 Å². The second kappa shape index (κ2) is 4.79. The molecule has 0 saturated heterocycles. The van der Waals surface area contributed by atoms with Gasteiger partial charge in [-0.1, -0.05) is 0 Å². The van der Waals surface area contributed by atoms with Crippen LogP contribution in [0.15, 0.2) is 35.3 Å². The van der Waals surface area contributed by atoms with Crippen LogP contribution in [0, 0.1) is 0 Å². The third-order valence-corrected chi connectivity index (χ3v) is 2.84. The Morgan fingerprint density at radius 2 is 2.20 bits per heavy atom. The first-order chi connectivity index (χ1) is 7.38. The molecular weight excluding hydrogens is 206 g/mol. The third kappa shape index (κ3) is 2.70. The van der Waals surface area contributed by atoms with Crippen molar-refractivity contribution < 1.29 is 0 Å². The fraction of sp³-hybridized carbons (Fsp3) is 0.182. The predicted molar refractivity (Wildman–Crippen MR) is 65.4 cm³/mol. The molecule has 0 unspecified atom stereocenters. The van der Waals surface area contributed by atoms with Gasteiger partial charge >= 0.3 is 0 Å². The summed E-state index contributed by atoms with van der Waals surface area (Å²) in [6.45, 7) is 0.846. The van der Waals surface area contributed by atoms with Crippen LogP contribution < -0.4 is 10.6 Å². The smallest absolute Gasteiger partial charge is 0.0550 e. The summed E-state index contributed by atoms with van der Waals surface area (Å²) in [7, 11) is 1.89. The molecule has 0 aliphatic heterocycles. The summed E-state index contributed by atoms with van der Waals surface area (Å²) in [6, 6.07) is 4.16. The van der Waals surface area contributed by atoms with E-state index in [4.69, 9.17) is 0 Å². The van der Waals surface area contributed by atoms with E-state index in [1.54, 1.807) is 17.5 Å². The van der Waals surface area contributed by atoms with Crippen LogP contribution in [-0.4, -0.2) is 12.0 Å². The van der Waals surface area contributed by atoms with E-state index in [0.717, 1.165) is 17.9 Å². The number of aromatic nitrogens is 1. The number of nitrogens with zero attached hydrogens (tertiary/aromatic N) is 1. The highest BCUT2D eigenvalue weighted by Crippen LogP contribution is 2.14. The lowest BCUT2D eigenvalue weighted by Crippen LogP contribution is -1.99. The van der Waals surface area contributed by atoms with Gasteiger partial charge in [-0.3, -0.25) is 4.98 Å².